The van der Waals surface area contributed by atoms with Crippen LogP contribution in [0.25, 0.3) is 21.3 Å². The van der Waals surface area contributed by atoms with E-state index in [9.17, 15) is 4.79 Å². The number of aromatic nitrogens is 3. The molecule has 7 heteroatoms. The average molecular weight is 401 g/mol. The van der Waals surface area contributed by atoms with Gasteiger partial charge < -0.3 is 5.32 Å². The first-order valence-electron chi connectivity index (χ1n) is 9.55. The third-order valence-electron chi connectivity index (χ3n) is 5.27. The van der Waals surface area contributed by atoms with Gasteiger partial charge in [-0.3, -0.25) is 15.1 Å². The summed E-state index contributed by atoms with van der Waals surface area (Å²) >= 11 is 1.38. The van der Waals surface area contributed by atoms with E-state index in [-0.39, 0.29) is 17.9 Å². The van der Waals surface area contributed by atoms with E-state index in [0.29, 0.717) is 5.13 Å². The fraction of sp³-hybridized carbons (Fsp3) is 0.182. The van der Waals surface area contributed by atoms with Crippen molar-refractivity contribution < 1.29 is 4.79 Å². The molecule has 0 spiro atoms. The molecule has 1 saturated heterocycles. The van der Waals surface area contributed by atoms with Crippen LogP contribution in [0.15, 0.2) is 67.0 Å². The first-order chi connectivity index (χ1) is 14.3. The molecule has 5 rings (SSSR count). The molecule has 1 aliphatic rings. The molecule has 0 aliphatic carbocycles. The molecular formula is C22H19N5OS. The molecule has 1 amide bonds. The number of nitrogens with zero attached hydrogens (tertiary/aromatic N) is 3. The summed E-state index contributed by atoms with van der Waals surface area (Å²) in [6.07, 6.45) is 4.55. The summed E-state index contributed by atoms with van der Waals surface area (Å²) in [5.74, 6) is 0.0985. The summed E-state index contributed by atoms with van der Waals surface area (Å²) in [4.78, 5) is 17.0. The van der Waals surface area contributed by atoms with Gasteiger partial charge in [0.1, 0.15) is 5.01 Å². The maximum absolute atomic E-state index is 12.9. The van der Waals surface area contributed by atoms with Crippen LogP contribution in [-0.4, -0.2) is 33.7 Å². The van der Waals surface area contributed by atoms with E-state index < -0.39 is 0 Å². The lowest BCUT2D eigenvalue weighted by Crippen LogP contribution is -2.39. The molecule has 3 heterocycles. The van der Waals surface area contributed by atoms with E-state index in [2.05, 4.69) is 44.0 Å². The largest absolute Gasteiger partial charge is 0.305 e. The number of pyridine rings is 1. The lowest BCUT2D eigenvalue weighted by atomic mass is 9.91. The highest BCUT2D eigenvalue weighted by atomic mass is 32.1. The predicted octanol–water partition coefficient (Wildman–Crippen LogP) is 3.84. The van der Waals surface area contributed by atoms with Crippen molar-refractivity contribution in [1.82, 2.24) is 20.5 Å². The van der Waals surface area contributed by atoms with Crippen molar-refractivity contribution in [3.8, 4) is 10.6 Å². The second-order valence-corrected chi connectivity index (χ2v) is 8.05. The summed E-state index contributed by atoms with van der Waals surface area (Å²) in [5.41, 5.74) is 2.16. The van der Waals surface area contributed by atoms with E-state index in [1.807, 2.05) is 42.6 Å². The van der Waals surface area contributed by atoms with Crippen molar-refractivity contribution in [2.45, 2.75) is 18.4 Å². The molecule has 0 radical (unpaired) electrons. The maximum atomic E-state index is 12.9. The van der Waals surface area contributed by atoms with Gasteiger partial charge in [-0.25, -0.2) is 0 Å². The Morgan fingerprint density at radius 3 is 2.86 bits per heavy atom. The maximum Gasteiger partial charge on any atom is 0.243 e. The van der Waals surface area contributed by atoms with Gasteiger partial charge in [-0.2, -0.15) is 0 Å². The second kappa shape index (κ2) is 7.69. The van der Waals surface area contributed by atoms with Crippen LogP contribution in [0.5, 0.6) is 0 Å². The molecule has 1 aliphatic heterocycles. The van der Waals surface area contributed by atoms with Crippen LogP contribution in [-0.2, 0) is 4.79 Å². The Morgan fingerprint density at radius 1 is 1.07 bits per heavy atom. The molecule has 29 heavy (non-hydrogen) atoms. The van der Waals surface area contributed by atoms with Crippen LogP contribution in [0, 0.1) is 0 Å². The van der Waals surface area contributed by atoms with Crippen molar-refractivity contribution in [3.63, 3.8) is 0 Å². The molecule has 0 saturated carbocycles. The Hall–Kier alpha value is -3.16. The third-order valence-corrected chi connectivity index (χ3v) is 6.16. The zero-order valence-electron chi connectivity index (χ0n) is 15.6. The van der Waals surface area contributed by atoms with Crippen molar-refractivity contribution >= 4 is 33.1 Å². The minimum Gasteiger partial charge on any atom is -0.305 e. The molecule has 0 unspecified atom stereocenters. The number of benzene rings is 2. The standard InChI is InChI=1S/C22H19N5OS/c28-20(19-18(9-11-24-19)14-4-2-1-3-5-14)25-22-27-26-21(29-22)16-6-7-17-13-23-10-8-15(17)12-16/h1-8,10,12-13,18-19,24H,9,11H2,(H,25,27,28)/t18-,19-/m0/s1. The van der Waals surface area contributed by atoms with E-state index in [1.165, 1.54) is 16.9 Å². The van der Waals surface area contributed by atoms with Crippen LogP contribution in [0.4, 0.5) is 5.13 Å². The van der Waals surface area contributed by atoms with Gasteiger partial charge in [0.05, 0.1) is 6.04 Å². The highest BCUT2D eigenvalue weighted by molar-refractivity contribution is 7.18. The van der Waals surface area contributed by atoms with Gasteiger partial charge in [-0.05, 0) is 36.0 Å². The molecular weight excluding hydrogens is 382 g/mol. The minimum absolute atomic E-state index is 0.0661. The summed E-state index contributed by atoms with van der Waals surface area (Å²) in [6.45, 7) is 0.824. The second-order valence-electron chi connectivity index (χ2n) is 7.08. The number of carbonyl (C=O) groups excluding carboxylic acids is 1. The number of fused-ring (bicyclic) bond motifs is 1. The highest BCUT2D eigenvalue weighted by Crippen LogP contribution is 2.31. The monoisotopic (exact) mass is 401 g/mol. The fourth-order valence-corrected chi connectivity index (χ4v) is 4.57. The molecule has 144 valence electrons. The van der Waals surface area contributed by atoms with Gasteiger partial charge in [-0.15, -0.1) is 10.2 Å². The van der Waals surface area contributed by atoms with Gasteiger partial charge in [0.2, 0.25) is 11.0 Å². The van der Waals surface area contributed by atoms with Gasteiger partial charge in [0.25, 0.3) is 0 Å². The number of carbonyl (C=O) groups is 1. The molecule has 2 N–H and O–H groups in total. The van der Waals surface area contributed by atoms with Crippen LogP contribution in [0.1, 0.15) is 17.9 Å². The Kier molecular flexibility index (Phi) is 4.75. The van der Waals surface area contributed by atoms with E-state index in [0.717, 1.165) is 34.3 Å². The van der Waals surface area contributed by atoms with Gasteiger partial charge in [0.15, 0.2) is 0 Å². The lowest BCUT2D eigenvalue weighted by molar-refractivity contribution is -0.118. The first kappa shape index (κ1) is 17.9. The minimum atomic E-state index is -0.266. The van der Waals surface area contributed by atoms with E-state index >= 15 is 0 Å². The van der Waals surface area contributed by atoms with Crippen molar-refractivity contribution in [3.05, 3.63) is 72.6 Å². The Balaban J connectivity index is 1.33. The van der Waals surface area contributed by atoms with Gasteiger partial charge in [-0.1, -0.05) is 53.8 Å². The third kappa shape index (κ3) is 3.62. The highest BCUT2D eigenvalue weighted by Gasteiger charge is 2.34. The molecule has 1 fully saturated rings. The molecule has 6 nitrogen and oxygen atoms in total. The molecule has 2 aromatic carbocycles. The molecule has 4 aromatic rings. The molecule has 0 bridgehead atoms. The Labute approximate surface area is 172 Å². The average Bonchev–Trinajstić information content (AvgIpc) is 3.44. The molecule has 2 aromatic heterocycles. The molecule has 2 atom stereocenters. The van der Waals surface area contributed by atoms with Gasteiger partial charge in [0, 0.05) is 29.3 Å². The number of rotatable bonds is 4. The van der Waals surface area contributed by atoms with Crippen molar-refractivity contribution in [1.29, 1.82) is 0 Å². The SMILES string of the molecule is O=C(Nc1nnc(-c2ccc3cnccc3c2)s1)[C@H]1NCC[C@H]1c1ccccc1. The fourth-order valence-electron chi connectivity index (χ4n) is 3.83. The summed E-state index contributed by atoms with van der Waals surface area (Å²) in [6, 6.07) is 18.0. The van der Waals surface area contributed by atoms with Crippen LogP contribution >= 0.6 is 11.3 Å². The van der Waals surface area contributed by atoms with E-state index in [1.54, 1.807) is 6.20 Å². The van der Waals surface area contributed by atoms with Gasteiger partial charge >= 0.3 is 0 Å². The summed E-state index contributed by atoms with van der Waals surface area (Å²) in [5, 5.41) is 18.2. The predicted molar refractivity (Wildman–Crippen MR) is 115 cm³/mol. The van der Waals surface area contributed by atoms with Crippen molar-refractivity contribution in [2.75, 3.05) is 11.9 Å². The topological polar surface area (TPSA) is 79.8 Å². The smallest absolute Gasteiger partial charge is 0.243 e. The van der Waals surface area contributed by atoms with Crippen LogP contribution in [0.3, 0.4) is 0 Å². The number of hydrogen-bond donors (Lipinski definition) is 2. The Morgan fingerprint density at radius 2 is 1.97 bits per heavy atom. The Bertz CT molecular complexity index is 1160. The lowest BCUT2D eigenvalue weighted by Gasteiger charge is -2.18. The quantitative estimate of drug-likeness (QED) is 0.543. The van der Waals surface area contributed by atoms with E-state index in [4.69, 9.17) is 0 Å². The zero-order valence-corrected chi connectivity index (χ0v) is 16.4. The number of amides is 1. The zero-order chi connectivity index (χ0) is 19.6. The van der Waals surface area contributed by atoms with Crippen LogP contribution in [0.2, 0.25) is 0 Å². The first-order valence-corrected chi connectivity index (χ1v) is 10.4. The van der Waals surface area contributed by atoms with Crippen LogP contribution < -0.4 is 10.6 Å². The van der Waals surface area contributed by atoms with Crippen molar-refractivity contribution in [2.24, 2.45) is 0 Å². The number of hydrogen-bond acceptors (Lipinski definition) is 6. The summed E-state index contributed by atoms with van der Waals surface area (Å²) in [7, 11) is 0. The number of nitrogens with one attached hydrogen (secondary N) is 2. The summed E-state index contributed by atoms with van der Waals surface area (Å²) < 4.78 is 0. The number of anilines is 1. The normalized spacial score (nSPS) is 18.8.